The Morgan fingerprint density at radius 3 is 2.10 bits per heavy atom. The van der Waals surface area contributed by atoms with Gasteiger partial charge < -0.3 is 10.2 Å². The van der Waals surface area contributed by atoms with Gasteiger partial charge in [0.15, 0.2) is 5.78 Å². The monoisotopic (exact) mass is 484 g/mol. The maximum Gasteiger partial charge on any atom is 0.254 e. The lowest BCUT2D eigenvalue weighted by atomic mass is 9.93. The van der Waals surface area contributed by atoms with Gasteiger partial charge in [-0.2, -0.15) is 0 Å². The summed E-state index contributed by atoms with van der Waals surface area (Å²) in [6.45, 7) is 7.20. The topological polar surface area (TPSA) is 66.5 Å². The minimum absolute atomic E-state index is 0.0686. The van der Waals surface area contributed by atoms with Crippen LogP contribution in [0.2, 0.25) is 0 Å². The molecule has 1 fully saturated rings. The van der Waals surface area contributed by atoms with Crippen LogP contribution in [0.5, 0.6) is 0 Å². The van der Waals surface area contributed by atoms with Gasteiger partial charge in [0.2, 0.25) is 5.91 Å². The molecular formula is C25H29BrN2O3. The van der Waals surface area contributed by atoms with E-state index in [0.29, 0.717) is 48.5 Å². The number of amides is 2. The van der Waals surface area contributed by atoms with Crippen LogP contribution in [0.1, 0.15) is 59.9 Å². The molecule has 0 aliphatic carbocycles. The number of carbonyl (C=O) groups is 3. The van der Waals surface area contributed by atoms with Gasteiger partial charge in [-0.3, -0.25) is 14.4 Å². The predicted molar refractivity (Wildman–Crippen MR) is 125 cm³/mol. The van der Waals surface area contributed by atoms with Crippen LogP contribution < -0.4 is 5.32 Å². The van der Waals surface area contributed by atoms with Crippen LogP contribution >= 0.6 is 15.9 Å². The van der Waals surface area contributed by atoms with E-state index in [4.69, 9.17) is 0 Å². The minimum atomic E-state index is -0.173. The van der Waals surface area contributed by atoms with Crippen molar-refractivity contribution in [3.63, 3.8) is 0 Å². The van der Waals surface area contributed by atoms with Gasteiger partial charge in [-0.05, 0) is 56.0 Å². The average Bonchev–Trinajstić information content (AvgIpc) is 2.78. The van der Waals surface area contributed by atoms with E-state index in [1.165, 1.54) is 0 Å². The second-order valence-electron chi connectivity index (χ2n) is 8.49. The summed E-state index contributed by atoms with van der Waals surface area (Å²) in [7, 11) is 0. The van der Waals surface area contributed by atoms with E-state index >= 15 is 0 Å². The molecule has 1 aliphatic rings. The quantitative estimate of drug-likeness (QED) is 0.604. The molecule has 0 aromatic heterocycles. The molecule has 1 atom stereocenters. The van der Waals surface area contributed by atoms with Crippen molar-refractivity contribution in [1.82, 2.24) is 10.2 Å². The molecule has 1 heterocycles. The number of hydrogen-bond donors (Lipinski definition) is 1. The highest BCUT2D eigenvalue weighted by atomic mass is 79.9. The van der Waals surface area contributed by atoms with Gasteiger partial charge in [0.25, 0.3) is 5.91 Å². The number of ketones is 1. The number of piperidine rings is 1. The van der Waals surface area contributed by atoms with Gasteiger partial charge in [0.1, 0.15) is 0 Å². The van der Waals surface area contributed by atoms with Gasteiger partial charge in [-0.1, -0.05) is 48.0 Å². The first-order chi connectivity index (χ1) is 14.8. The lowest BCUT2D eigenvalue weighted by Gasteiger charge is -2.32. The van der Waals surface area contributed by atoms with Crippen LogP contribution in [0, 0.1) is 11.8 Å². The second-order valence-corrected chi connectivity index (χ2v) is 9.41. The fourth-order valence-corrected chi connectivity index (χ4v) is 3.91. The van der Waals surface area contributed by atoms with E-state index in [2.05, 4.69) is 35.1 Å². The molecule has 0 spiro atoms. The van der Waals surface area contributed by atoms with Gasteiger partial charge in [0.05, 0.1) is 5.56 Å². The van der Waals surface area contributed by atoms with Crippen molar-refractivity contribution >= 4 is 33.5 Å². The average molecular weight is 485 g/mol. The summed E-state index contributed by atoms with van der Waals surface area (Å²) in [5, 5.41) is 3.08. The lowest BCUT2D eigenvalue weighted by molar-refractivity contribution is -0.127. The summed E-state index contributed by atoms with van der Waals surface area (Å²) in [5.41, 5.74) is 1.35. The van der Waals surface area contributed by atoms with E-state index in [1.807, 2.05) is 19.1 Å². The number of hydrogen-bond acceptors (Lipinski definition) is 3. The van der Waals surface area contributed by atoms with Crippen molar-refractivity contribution in [3.8, 4) is 0 Å². The van der Waals surface area contributed by atoms with Gasteiger partial charge in [-0.25, -0.2) is 0 Å². The van der Waals surface area contributed by atoms with E-state index in [9.17, 15) is 14.4 Å². The van der Waals surface area contributed by atoms with Crippen LogP contribution in [-0.4, -0.2) is 41.6 Å². The molecule has 1 N–H and O–H groups in total. The first kappa shape index (κ1) is 23.2. The molecule has 1 aliphatic heterocycles. The van der Waals surface area contributed by atoms with Crippen LogP contribution in [0.4, 0.5) is 0 Å². The summed E-state index contributed by atoms with van der Waals surface area (Å²) >= 11 is 3.37. The number of likely N-dealkylation sites (tertiary alicyclic amines) is 1. The first-order valence-corrected chi connectivity index (χ1v) is 11.6. The van der Waals surface area contributed by atoms with Gasteiger partial charge >= 0.3 is 0 Å². The molecule has 1 unspecified atom stereocenters. The SMILES string of the molecule is CC(C)C(C)NC(=O)C1CCN(C(=O)c2ccccc2C(=O)c2ccc(Br)cc2)CC1. The van der Waals surface area contributed by atoms with Crippen molar-refractivity contribution in [2.45, 2.75) is 39.7 Å². The van der Waals surface area contributed by atoms with Crippen LogP contribution in [0.25, 0.3) is 0 Å². The highest BCUT2D eigenvalue weighted by molar-refractivity contribution is 9.10. The van der Waals surface area contributed by atoms with Crippen molar-refractivity contribution < 1.29 is 14.4 Å². The third-order valence-corrected chi connectivity index (χ3v) is 6.56. The zero-order chi connectivity index (χ0) is 22.5. The fraction of sp³-hybridized carbons (Fsp3) is 0.400. The van der Waals surface area contributed by atoms with Gasteiger partial charge in [0, 0.05) is 40.6 Å². The Morgan fingerprint density at radius 1 is 0.935 bits per heavy atom. The van der Waals surface area contributed by atoms with Crippen molar-refractivity contribution in [2.24, 2.45) is 11.8 Å². The fourth-order valence-electron chi connectivity index (χ4n) is 3.65. The highest BCUT2D eigenvalue weighted by Gasteiger charge is 2.30. The molecule has 164 valence electrons. The number of rotatable bonds is 6. The van der Waals surface area contributed by atoms with Crippen molar-refractivity contribution in [1.29, 1.82) is 0 Å². The third kappa shape index (κ3) is 5.62. The largest absolute Gasteiger partial charge is 0.353 e. The van der Waals surface area contributed by atoms with Crippen LogP contribution in [0.3, 0.4) is 0 Å². The number of halogens is 1. The normalized spacial score (nSPS) is 15.6. The molecule has 5 nitrogen and oxygen atoms in total. The van der Waals surface area contributed by atoms with Crippen molar-refractivity contribution in [2.75, 3.05) is 13.1 Å². The Balaban J connectivity index is 1.69. The summed E-state index contributed by atoms with van der Waals surface area (Å²) in [5.74, 6) is 0.0400. The molecule has 3 rings (SSSR count). The zero-order valence-electron chi connectivity index (χ0n) is 18.2. The molecule has 2 aromatic carbocycles. The smallest absolute Gasteiger partial charge is 0.254 e. The molecule has 6 heteroatoms. The summed E-state index contributed by atoms with van der Waals surface area (Å²) in [6, 6.07) is 14.2. The first-order valence-electron chi connectivity index (χ1n) is 10.8. The van der Waals surface area contributed by atoms with E-state index in [-0.39, 0.29) is 29.6 Å². The number of carbonyl (C=O) groups excluding carboxylic acids is 3. The lowest BCUT2D eigenvalue weighted by Crippen LogP contribution is -2.46. The third-order valence-electron chi connectivity index (χ3n) is 6.03. The van der Waals surface area contributed by atoms with E-state index < -0.39 is 0 Å². The Bertz CT molecular complexity index is 947. The highest BCUT2D eigenvalue weighted by Crippen LogP contribution is 2.23. The van der Waals surface area contributed by atoms with E-state index in [0.717, 1.165) is 4.47 Å². The summed E-state index contributed by atoms with van der Waals surface area (Å²) < 4.78 is 0.892. The van der Waals surface area contributed by atoms with Crippen LogP contribution in [0.15, 0.2) is 53.0 Å². The minimum Gasteiger partial charge on any atom is -0.353 e. The molecule has 31 heavy (non-hydrogen) atoms. The van der Waals surface area contributed by atoms with Crippen molar-refractivity contribution in [3.05, 3.63) is 69.7 Å². The zero-order valence-corrected chi connectivity index (χ0v) is 19.8. The number of nitrogens with one attached hydrogen (secondary N) is 1. The molecule has 0 radical (unpaired) electrons. The molecule has 0 bridgehead atoms. The summed E-state index contributed by atoms with van der Waals surface area (Å²) in [4.78, 5) is 40.5. The Morgan fingerprint density at radius 2 is 1.52 bits per heavy atom. The standard InChI is InChI=1S/C25H29BrN2O3/c1-16(2)17(3)27-24(30)19-12-14-28(15-13-19)25(31)22-7-5-4-6-21(22)23(29)18-8-10-20(26)11-9-18/h4-11,16-17,19H,12-15H2,1-3H3,(H,27,30). The molecule has 0 saturated carbocycles. The van der Waals surface area contributed by atoms with Gasteiger partial charge in [-0.15, -0.1) is 0 Å². The number of benzene rings is 2. The number of nitrogens with zero attached hydrogens (tertiary/aromatic N) is 1. The second kappa shape index (κ2) is 10.2. The predicted octanol–water partition coefficient (Wildman–Crippen LogP) is 4.69. The Labute approximate surface area is 192 Å². The van der Waals surface area contributed by atoms with E-state index in [1.54, 1.807) is 41.3 Å². The van der Waals surface area contributed by atoms with Crippen LogP contribution in [-0.2, 0) is 4.79 Å². The Hall–Kier alpha value is -2.47. The maximum absolute atomic E-state index is 13.2. The summed E-state index contributed by atoms with van der Waals surface area (Å²) in [6.07, 6.45) is 1.26. The maximum atomic E-state index is 13.2. The molecule has 1 saturated heterocycles. The molecule has 2 amide bonds. The molecule has 2 aromatic rings. The Kier molecular flexibility index (Phi) is 7.65. The molecular weight excluding hydrogens is 456 g/mol.